The van der Waals surface area contributed by atoms with Crippen LogP contribution in [0.15, 0.2) is 249 Å². The van der Waals surface area contributed by atoms with Gasteiger partial charge in [0.05, 0.1) is 27.9 Å². The molecule has 13 aromatic rings. The van der Waals surface area contributed by atoms with Crippen molar-refractivity contribution in [2.45, 2.75) is 0 Å². The smallest absolute Gasteiger partial charge is 0.160 e. The Bertz CT molecular complexity index is 3910. The predicted octanol–water partition coefficient (Wildman–Crippen LogP) is 17.0. The average molecular weight is 852 g/mol. The number of rotatable bonds is 8. The van der Waals surface area contributed by atoms with E-state index in [1.807, 2.05) is 12.1 Å². The van der Waals surface area contributed by atoms with Crippen LogP contribution >= 0.6 is 0 Å². The van der Waals surface area contributed by atoms with E-state index < -0.39 is 0 Å². The van der Waals surface area contributed by atoms with Crippen molar-refractivity contribution in [1.29, 1.82) is 0 Å². The highest BCUT2D eigenvalue weighted by atomic mass is 14.9. The van der Waals surface area contributed by atoms with Crippen LogP contribution in [0.2, 0.25) is 0 Å². The highest BCUT2D eigenvalue weighted by Crippen LogP contribution is 2.42. The molecule has 0 saturated carbocycles. The molecule has 0 aliphatic rings. The van der Waals surface area contributed by atoms with Gasteiger partial charge in [-0.2, -0.15) is 0 Å². The van der Waals surface area contributed by atoms with Gasteiger partial charge in [-0.15, -0.1) is 0 Å². The first kappa shape index (κ1) is 38.5. The summed E-state index contributed by atoms with van der Waals surface area (Å²) in [5.41, 5.74) is 20.4. The second-order valence-electron chi connectivity index (χ2n) is 17.4. The number of para-hydroxylation sites is 1. The molecule has 0 aliphatic carbocycles. The van der Waals surface area contributed by atoms with Gasteiger partial charge in [0.1, 0.15) is 0 Å². The van der Waals surface area contributed by atoms with Gasteiger partial charge in [0.2, 0.25) is 0 Å². The van der Waals surface area contributed by atoms with Crippen LogP contribution in [0.5, 0.6) is 0 Å². The first-order valence-corrected chi connectivity index (χ1v) is 22.9. The lowest BCUT2D eigenvalue weighted by molar-refractivity contribution is 1.18. The SMILES string of the molecule is c1ccc(-c2ccc3c4cccc5c6ccc(-c7cccc(-c8cccc(-c9cccc(-c%10cccc(-c%11nc(-c%12ccccc%12)cc(-c%12ccccc%12)n%11)c%10)c9)c8)c7)cc6n(c3c2)c45)cc1. The van der Waals surface area contributed by atoms with Crippen molar-refractivity contribution < 1.29 is 0 Å². The van der Waals surface area contributed by atoms with Crippen LogP contribution in [0.1, 0.15) is 0 Å². The van der Waals surface area contributed by atoms with Gasteiger partial charge in [0, 0.05) is 38.2 Å². The van der Waals surface area contributed by atoms with Crippen molar-refractivity contribution in [3.8, 4) is 89.5 Å². The highest BCUT2D eigenvalue weighted by Gasteiger charge is 2.19. The van der Waals surface area contributed by atoms with Gasteiger partial charge in [-0.3, -0.25) is 0 Å². The lowest BCUT2D eigenvalue weighted by atomic mass is 9.94. The molecule has 3 heterocycles. The van der Waals surface area contributed by atoms with E-state index in [0.717, 1.165) is 44.8 Å². The van der Waals surface area contributed by atoms with Crippen LogP contribution in [-0.4, -0.2) is 14.4 Å². The fraction of sp³-hybridized carbons (Fsp3) is 0. The molecule has 3 nitrogen and oxygen atoms in total. The van der Waals surface area contributed by atoms with Crippen molar-refractivity contribution in [2.24, 2.45) is 0 Å². The summed E-state index contributed by atoms with van der Waals surface area (Å²) >= 11 is 0. The van der Waals surface area contributed by atoms with Crippen LogP contribution in [0, 0.1) is 0 Å². The first-order valence-electron chi connectivity index (χ1n) is 22.9. The molecule has 3 heteroatoms. The molecule has 13 rings (SSSR count). The highest BCUT2D eigenvalue weighted by molar-refractivity contribution is 6.23. The molecule has 0 unspecified atom stereocenters. The van der Waals surface area contributed by atoms with Crippen molar-refractivity contribution in [2.75, 3.05) is 0 Å². The van der Waals surface area contributed by atoms with E-state index in [-0.39, 0.29) is 0 Å². The third-order valence-electron chi connectivity index (χ3n) is 13.3. The minimum absolute atomic E-state index is 0.700. The zero-order chi connectivity index (χ0) is 44.3. The van der Waals surface area contributed by atoms with E-state index >= 15 is 0 Å². The Labute approximate surface area is 388 Å². The molecule has 0 bridgehead atoms. The molecular weight excluding hydrogens is 811 g/mol. The summed E-state index contributed by atoms with van der Waals surface area (Å²) in [5, 5.41) is 5.14. The van der Waals surface area contributed by atoms with E-state index in [1.165, 1.54) is 77.0 Å². The molecule has 0 atom stereocenters. The Morgan fingerprint density at radius 1 is 0.224 bits per heavy atom. The van der Waals surface area contributed by atoms with E-state index in [2.05, 4.69) is 241 Å². The van der Waals surface area contributed by atoms with Crippen LogP contribution in [0.25, 0.3) is 128 Å². The molecule has 0 N–H and O–H groups in total. The fourth-order valence-corrected chi connectivity index (χ4v) is 10.0. The van der Waals surface area contributed by atoms with Gasteiger partial charge >= 0.3 is 0 Å². The van der Waals surface area contributed by atoms with Gasteiger partial charge in [-0.1, -0.05) is 206 Å². The summed E-state index contributed by atoms with van der Waals surface area (Å²) in [4.78, 5) is 10.2. The maximum absolute atomic E-state index is 5.10. The Hall–Kier alpha value is -8.92. The van der Waals surface area contributed by atoms with Gasteiger partial charge in [-0.25, -0.2) is 9.97 Å². The Kier molecular flexibility index (Phi) is 9.17. The number of fused-ring (bicyclic) bond motifs is 6. The fourth-order valence-electron chi connectivity index (χ4n) is 10.0. The van der Waals surface area contributed by atoms with Gasteiger partial charge in [0.25, 0.3) is 0 Å². The van der Waals surface area contributed by atoms with Crippen molar-refractivity contribution in [3.05, 3.63) is 249 Å². The lowest BCUT2D eigenvalue weighted by Crippen LogP contribution is -1.96. The van der Waals surface area contributed by atoms with Crippen LogP contribution in [0.4, 0.5) is 0 Å². The van der Waals surface area contributed by atoms with E-state index in [9.17, 15) is 0 Å². The predicted molar refractivity (Wildman–Crippen MR) is 280 cm³/mol. The summed E-state index contributed by atoms with van der Waals surface area (Å²) in [7, 11) is 0. The average Bonchev–Trinajstić information content (AvgIpc) is 3.93. The maximum Gasteiger partial charge on any atom is 0.160 e. The summed E-state index contributed by atoms with van der Waals surface area (Å²) < 4.78 is 2.49. The summed E-state index contributed by atoms with van der Waals surface area (Å²) in [6.07, 6.45) is 0. The van der Waals surface area contributed by atoms with Crippen molar-refractivity contribution in [3.63, 3.8) is 0 Å². The molecule has 0 aliphatic heterocycles. The van der Waals surface area contributed by atoms with Gasteiger partial charge in [0.15, 0.2) is 5.82 Å². The number of nitrogens with zero attached hydrogens (tertiary/aromatic N) is 3. The Morgan fingerprint density at radius 3 is 0.985 bits per heavy atom. The minimum Gasteiger partial charge on any atom is -0.308 e. The Morgan fingerprint density at radius 2 is 0.552 bits per heavy atom. The monoisotopic (exact) mass is 851 g/mol. The number of benzene rings is 10. The molecule has 0 amide bonds. The molecule has 0 fully saturated rings. The molecule has 10 aromatic carbocycles. The molecule has 312 valence electrons. The first-order chi connectivity index (χ1) is 33.2. The van der Waals surface area contributed by atoms with E-state index in [4.69, 9.17) is 9.97 Å². The topological polar surface area (TPSA) is 30.2 Å². The number of aromatic nitrogens is 3. The summed E-state index contributed by atoms with van der Waals surface area (Å²) in [5.74, 6) is 0.700. The largest absolute Gasteiger partial charge is 0.308 e. The van der Waals surface area contributed by atoms with Crippen molar-refractivity contribution >= 4 is 38.1 Å². The minimum atomic E-state index is 0.700. The maximum atomic E-state index is 5.10. The standard InChI is InChI=1S/C64H41N3/c1-4-15-42(16-5-1)52-31-33-55-57-29-14-30-58-56-34-32-53(40-62(56)67(63(57)58)61(55)39-52)50-26-12-24-48(37-50)46-22-10-21-45(35-46)47-23-11-25-49(36-47)51-27-13-28-54(38-51)64-65-59(43-17-6-2-7-18-43)41-60(66-64)44-19-8-3-9-20-44/h1-41H. The summed E-state index contributed by atoms with van der Waals surface area (Å²) in [6.45, 7) is 0. The van der Waals surface area contributed by atoms with E-state index in [1.54, 1.807) is 0 Å². The van der Waals surface area contributed by atoms with E-state index in [0.29, 0.717) is 5.82 Å². The van der Waals surface area contributed by atoms with Gasteiger partial charge in [-0.05, 0) is 98.1 Å². The lowest BCUT2D eigenvalue weighted by Gasteiger charge is -2.12. The van der Waals surface area contributed by atoms with Crippen LogP contribution < -0.4 is 0 Å². The second kappa shape index (κ2) is 16.0. The normalized spacial score (nSPS) is 11.6. The van der Waals surface area contributed by atoms with Gasteiger partial charge < -0.3 is 4.40 Å². The number of hydrogen-bond acceptors (Lipinski definition) is 2. The van der Waals surface area contributed by atoms with Crippen molar-refractivity contribution in [1.82, 2.24) is 14.4 Å². The zero-order valence-electron chi connectivity index (χ0n) is 36.5. The molecule has 67 heavy (non-hydrogen) atoms. The third kappa shape index (κ3) is 6.84. The third-order valence-corrected chi connectivity index (χ3v) is 13.3. The Balaban J connectivity index is 0.837. The molecule has 0 spiro atoms. The number of hydrogen-bond donors (Lipinski definition) is 0. The zero-order valence-corrected chi connectivity index (χ0v) is 36.5. The van der Waals surface area contributed by atoms with Crippen LogP contribution in [0.3, 0.4) is 0 Å². The molecule has 3 aromatic heterocycles. The second-order valence-corrected chi connectivity index (χ2v) is 17.4. The summed E-state index contributed by atoms with van der Waals surface area (Å²) in [6, 6.07) is 89.4. The molecule has 0 saturated heterocycles. The molecular formula is C64H41N3. The van der Waals surface area contributed by atoms with Crippen LogP contribution in [-0.2, 0) is 0 Å². The molecule has 0 radical (unpaired) electrons. The quantitative estimate of drug-likeness (QED) is 0.152.